The molecule has 2 N–H and O–H groups in total. The lowest BCUT2D eigenvalue weighted by molar-refractivity contribution is -0.141. The number of phenolic OH excluding ortho intramolecular Hbond substituents is 1. The van der Waals surface area contributed by atoms with Crippen LogP contribution in [-0.2, 0) is 4.79 Å². The van der Waals surface area contributed by atoms with Gasteiger partial charge in [0.2, 0.25) is 0 Å². The fourth-order valence-electron chi connectivity index (χ4n) is 2.07. The topological polar surface area (TPSA) is 81.1 Å². The summed E-state index contributed by atoms with van der Waals surface area (Å²) in [5, 5.41) is 18.5. The smallest absolute Gasteiger partial charge is 0.324 e. The summed E-state index contributed by atoms with van der Waals surface area (Å²) >= 11 is 0. The highest BCUT2D eigenvalue weighted by atomic mass is 16.4. The number of carboxylic acids is 1. The zero-order valence-electron chi connectivity index (χ0n) is 12.8. The second-order valence-corrected chi connectivity index (χ2v) is 5.12. The minimum atomic E-state index is -0.939. The van der Waals surface area contributed by atoms with Crippen molar-refractivity contribution in [3.05, 3.63) is 23.8 Å². The van der Waals surface area contributed by atoms with Crippen LogP contribution in [-0.4, -0.2) is 47.3 Å². The summed E-state index contributed by atoms with van der Waals surface area (Å²) in [6.07, 6.45) is 0. The summed E-state index contributed by atoms with van der Waals surface area (Å²) in [6, 6.07) is 4.54. The minimum Gasteiger partial charge on any atom is -0.508 e. The van der Waals surface area contributed by atoms with Gasteiger partial charge < -0.3 is 15.1 Å². The van der Waals surface area contributed by atoms with Crippen LogP contribution in [0.1, 0.15) is 19.4 Å². The van der Waals surface area contributed by atoms with Crippen molar-refractivity contribution in [2.24, 2.45) is 5.92 Å². The Morgan fingerprint density at radius 2 is 1.95 bits per heavy atom. The van der Waals surface area contributed by atoms with Gasteiger partial charge in [0.15, 0.2) is 0 Å². The number of phenols is 1. The third-order valence-corrected chi connectivity index (χ3v) is 3.33. The molecule has 2 amide bonds. The average Bonchev–Trinajstić information content (AvgIpc) is 2.42. The van der Waals surface area contributed by atoms with Crippen molar-refractivity contribution in [3.63, 3.8) is 0 Å². The maximum absolute atomic E-state index is 12.5. The van der Waals surface area contributed by atoms with Crippen LogP contribution >= 0.6 is 0 Å². The van der Waals surface area contributed by atoms with Crippen LogP contribution < -0.4 is 4.90 Å². The molecule has 1 unspecified atom stereocenters. The Morgan fingerprint density at radius 3 is 2.48 bits per heavy atom. The Bertz CT molecular complexity index is 530. The second kappa shape index (κ2) is 6.97. The van der Waals surface area contributed by atoms with E-state index in [4.69, 9.17) is 5.11 Å². The highest BCUT2D eigenvalue weighted by Gasteiger charge is 2.23. The van der Waals surface area contributed by atoms with E-state index in [-0.39, 0.29) is 18.3 Å². The molecule has 1 rings (SSSR count). The molecule has 1 atom stereocenters. The zero-order valence-corrected chi connectivity index (χ0v) is 12.8. The summed E-state index contributed by atoms with van der Waals surface area (Å²) in [5.74, 6) is -1.49. The van der Waals surface area contributed by atoms with E-state index in [2.05, 4.69) is 0 Å². The molecule has 0 aliphatic rings. The number of aryl methyl sites for hydroxylation is 1. The Morgan fingerprint density at radius 1 is 1.33 bits per heavy atom. The molecule has 6 nitrogen and oxygen atoms in total. The molecule has 0 aromatic heterocycles. The van der Waals surface area contributed by atoms with E-state index in [1.54, 1.807) is 26.1 Å². The third kappa shape index (κ3) is 4.11. The average molecular weight is 294 g/mol. The summed E-state index contributed by atoms with van der Waals surface area (Å²) in [4.78, 5) is 26.3. The standard InChI is InChI=1S/C15H22N2O4/c1-5-17(13-8-12(18)7-6-10(13)2)15(21)16(4)9-11(3)14(19)20/h6-8,11,18H,5,9H2,1-4H3,(H,19,20). The van der Waals surface area contributed by atoms with Crippen molar-refractivity contribution in [1.29, 1.82) is 0 Å². The number of carbonyl (C=O) groups is 2. The Hall–Kier alpha value is -2.24. The van der Waals surface area contributed by atoms with E-state index in [1.165, 1.54) is 15.9 Å². The van der Waals surface area contributed by atoms with Crippen LogP contribution in [0, 0.1) is 12.8 Å². The number of amides is 2. The first-order chi connectivity index (χ1) is 9.77. The van der Waals surface area contributed by atoms with Crippen molar-refractivity contribution < 1.29 is 19.8 Å². The molecule has 0 fully saturated rings. The number of nitrogens with zero attached hydrogens (tertiary/aromatic N) is 2. The maximum atomic E-state index is 12.5. The first-order valence-electron chi connectivity index (χ1n) is 6.83. The van der Waals surface area contributed by atoms with E-state index >= 15 is 0 Å². The van der Waals surface area contributed by atoms with Crippen LogP contribution in [0.5, 0.6) is 5.75 Å². The lowest BCUT2D eigenvalue weighted by atomic mass is 10.1. The van der Waals surface area contributed by atoms with E-state index in [0.717, 1.165) is 5.56 Å². The molecule has 0 aliphatic heterocycles. The van der Waals surface area contributed by atoms with Crippen LogP contribution in [0.3, 0.4) is 0 Å². The Labute approximate surface area is 124 Å². The van der Waals surface area contributed by atoms with Gasteiger partial charge in [0.25, 0.3) is 0 Å². The van der Waals surface area contributed by atoms with Gasteiger partial charge >= 0.3 is 12.0 Å². The predicted molar refractivity (Wildman–Crippen MR) is 80.7 cm³/mol. The van der Waals surface area contributed by atoms with Crippen LogP contribution in [0.4, 0.5) is 10.5 Å². The molecule has 0 bridgehead atoms. The predicted octanol–water partition coefficient (Wildman–Crippen LogP) is 2.30. The van der Waals surface area contributed by atoms with Gasteiger partial charge in [0, 0.05) is 26.2 Å². The number of aliphatic carboxylic acids is 1. The van der Waals surface area contributed by atoms with E-state index in [9.17, 15) is 14.7 Å². The van der Waals surface area contributed by atoms with Crippen molar-refractivity contribution in [1.82, 2.24) is 4.90 Å². The van der Waals surface area contributed by atoms with Crippen molar-refractivity contribution >= 4 is 17.7 Å². The number of benzene rings is 1. The number of aromatic hydroxyl groups is 1. The lowest BCUT2D eigenvalue weighted by Crippen LogP contribution is -2.44. The largest absolute Gasteiger partial charge is 0.508 e. The van der Waals surface area contributed by atoms with Gasteiger partial charge in [0.05, 0.1) is 11.6 Å². The molecule has 0 aliphatic carbocycles. The summed E-state index contributed by atoms with van der Waals surface area (Å²) < 4.78 is 0. The number of rotatable bonds is 5. The van der Waals surface area contributed by atoms with Gasteiger partial charge in [-0.05, 0) is 25.5 Å². The third-order valence-electron chi connectivity index (χ3n) is 3.33. The summed E-state index contributed by atoms with van der Waals surface area (Å²) in [5.41, 5.74) is 1.49. The molecule has 1 aromatic rings. The SMILES string of the molecule is CCN(C(=O)N(C)CC(C)C(=O)O)c1cc(O)ccc1C. The fourth-order valence-corrected chi connectivity index (χ4v) is 2.07. The van der Waals surface area contributed by atoms with Crippen LogP contribution in [0.2, 0.25) is 0 Å². The van der Waals surface area contributed by atoms with Crippen molar-refractivity contribution in [2.75, 3.05) is 25.0 Å². The van der Waals surface area contributed by atoms with Gasteiger partial charge in [-0.25, -0.2) is 4.79 Å². The monoisotopic (exact) mass is 294 g/mol. The molecule has 21 heavy (non-hydrogen) atoms. The first-order valence-corrected chi connectivity index (χ1v) is 6.83. The normalized spacial score (nSPS) is 11.8. The van der Waals surface area contributed by atoms with Gasteiger partial charge in [-0.1, -0.05) is 13.0 Å². The highest BCUT2D eigenvalue weighted by molar-refractivity contribution is 5.93. The number of hydrogen-bond donors (Lipinski definition) is 2. The molecule has 0 heterocycles. The number of hydrogen-bond acceptors (Lipinski definition) is 3. The van der Waals surface area contributed by atoms with Crippen LogP contribution in [0.25, 0.3) is 0 Å². The number of carboxylic acid groups (broad SMARTS) is 1. The Balaban J connectivity index is 2.96. The first kappa shape index (κ1) is 16.8. The van der Waals surface area contributed by atoms with E-state index in [1.807, 2.05) is 13.8 Å². The van der Waals surface area contributed by atoms with Crippen molar-refractivity contribution in [2.45, 2.75) is 20.8 Å². The summed E-state index contributed by atoms with van der Waals surface area (Å²) in [7, 11) is 1.57. The van der Waals surface area contributed by atoms with Crippen LogP contribution in [0.15, 0.2) is 18.2 Å². The molecule has 0 saturated carbocycles. The van der Waals surface area contributed by atoms with Crippen molar-refractivity contribution in [3.8, 4) is 5.75 Å². The molecule has 0 radical (unpaired) electrons. The number of anilines is 1. The molecule has 6 heteroatoms. The molecule has 0 saturated heterocycles. The number of urea groups is 1. The second-order valence-electron chi connectivity index (χ2n) is 5.12. The van der Waals surface area contributed by atoms with E-state index < -0.39 is 11.9 Å². The molecule has 116 valence electrons. The van der Waals surface area contributed by atoms with Gasteiger partial charge in [-0.3, -0.25) is 9.69 Å². The molecular weight excluding hydrogens is 272 g/mol. The van der Waals surface area contributed by atoms with Gasteiger partial charge in [-0.15, -0.1) is 0 Å². The Kier molecular flexibility index (Phi) is 5.58. The highest BCUT2D eigenvalue weighted by Crippen LogP contribution is 2.25. The van der Waals surface area contributed by atoms with Gasteiger partial charge in [-0.2, -0.15) is 0 Å². The molecule has 1 aromatic carbocycles. The summed E-state index contributed by atoms with van der Waals surface area (Å²) in [6.45, 7) is 5.79. The number of carbonyl (C=O) groups excluding carboxylic acids is 1. The molecule has 0 spiro atoms. The zero-order chi connectivity index (χ0) is 16.2. The lowest BCUT2D eigenvalue weighted by Gasteiger charge is -2.29. The van der Waals surface area contributed by atoms with Gasteiger partial charge in [0.1, 0.15) is 5.75 Å². The fraction of sp³-hybridized carbons (Fsp3) is 0.467. The quantitative estimate of drug-likeness (QED) is 0.873. The maximum Gasteiger partial charge on any atom is 0.324 e. The minimum absolute atomic E-state index is 0.0865. The van der Waals surface area contributed by atoms with E-state index in [0.29, 0.717) is 12.2 Å². The molecular formula is C15H22N2O4.